The number of hydrogen-bond acceptors (Lipinski definition) is 1. The topological polar surface area (TPSA) is 20.2 Å². The molecule has 1 aromatic rings. The van der Waals surface area contributed by atoms with Crippen LogP contribution in [-0.2, 0) is 6.42 Å². The Kier molecular flexibility index (Phi) is 3.90. The monoisotopic (exact) mass is 254 g/mol. The third-order valence-electron chi connectivity index (χ3n) is 2.35. The molecule has 0 aliphatic heterocycles. The van der Waals surface area contributed by atoms with Gasteiger partial charge in [-0.05, 0) is 24.1 Å². The first kappa shape index (κ1) is 11.5. The fourth-order valence-electron chi connectivity index (χ4n) is 1.31. The highest BCUT2D eigenvalue weighted by Crippen LogP contribution is 2.24. The van der Waals surface area contributed by atoms with Crippen LogP contribution in [0.2, 0.25) is 0 Å². The molecule has 0 fully saturated rings. The maximum Gasteiger partial charge on any atom is 0.0522 e. The van der Waals surface area contributed by atoms with Crippen molar-refractivity contribution in [1.29, 1.82) is 0 Å². The van der Waals surface area contributed by atoms with Crippen molar-refractivity contribution in [3.63, 3.8) is 0 Å². The second-order valence-corrected chi connectivity index (χ2v) is 4.74. The van der Waals surface area contributed by atoms with E-state index in [9.17, 15) is 5.11 Å². The van der Waals surface area contributed by atoms with Crippen molar-refractivity contribution in [2.45, 2.75) is 13.3 Å². The van der Waals surface area contributed by atoms with Crippen molar-refractivity contribution in [3.05, 3.63) is 47.0 Å². The SMILES string of the molecule is C=CC(C)(CO)Cc1cccc(Br)c1. The van der Waals surface area contributed by atoms with Gasteiger partial charge in [-0.15, -0.1) is 6.58 Å². The van der Waals surface area contributed by atoms with Crippen LogP contribution in [0.1, 0.15) is 12.5 Å². The van der Waals surface area contributed by atoms with E-state index in [0.29, 0.717) is 0 Å². The lowest BCUT2D eigenvalue weighted by molar-refractivity contribution is 0.184. The Labute approximate surface area is 93.6 Å². The van der Waals surface area contributed by atoms with Gasteiger partial charge in [0.2, 0.25) is 0 Å². The molecule has 0 amide bonds. The van der Waals surface area contributed by atoms with E-state index >= 15 is 0 Å². The van der Waals surface area contributed by atoms with E-state index in [0.717, 1.165) is 10.9 Å². The van der Waals surface area contributed by atoms with Gasteiger partial charge in [0.05, 0.1) is 6.61 Å². The van der Waals surface area contributed by atoms with Gasteiger partial charge in [0.1, 0.15) is 0 Å². The van der Waals surface area contributed by atoms with Gasteiger partial charge >= 0.3 is 0 Å². The fourth-order valence-corrected chi connectivity index (χ4v) is 1.75. The van der Waals surface area contributed by atoms with Crippen molar-refractivity contribution in [2.24, 2.45) is 5.41 Å². The zero-order valence-corrected chi connectivity index (χ0v) is 9.92. The van der Waals surface area contributed by atoms with E-state index in [1.807, 2.05) is 25.1 Å². The van der Waals surface area contributed by atoms with E-state index in [2.05, 4.69) is 34.6 Å². The van der Waals surface area contributed by atoms with Crippen LogP contribution in [0.3, 0.4) is 0 Å². The summed E-state index contributed by atoms with van der Waals surface area (Å²) >= 11 is 3.43. The average Bonchev–Trinajstić information content (AvgIpc) is 2.18. The first-order valence-electron chi connectivity index (χ1n) is 4.58. The molecule has 2 heteroatoms. The van der Waals surface area contributed by atoms with Crippen LogP contribution >= 0.6 is 15.9 Å². The Bertz CT molecular complexity index is 322. The van der Waals surface area contributed by atoms with E-state index in [4.69, 9.17) is 0 Å². The summed E-state index contributed by atoms with van der Waals surface area (Å²) in [6.07, 6.45) is 2.63. The van der Waals surface area contributed by atoms with Crippen LogP contribution in [0.4, 0.5) is 0 Å². The van der Waals surface area contributed by atoms with Gasteiger partial charge in [-0.25, -0.2) is 0 Å². The summed E-state index contributed by atoms with van der Waals surface area (Å²) < 4.78 is 1.07. The molecule has 0 aliphatic carbocycles. The van der Waals surface area contributed by atoms with E-state index < -0.39 is 0 Å². The number of rotatable bonds is 4. The molecule has 1 N–H and O–H groups in total. The molecule has 1 atom stereocenters. The van der Waals surface area contributed by atoms with Gasteiger partial charge in [0.15, 0.2) is 0 Å². The quantitative estimate of drug-likeness (QED) is 0.819. The summed E-state index contributed by atoms with van der Waals surface area (Å²) in [6.45, 7) is 5.88. The summed E-state index contributed by atoms with van der Waals surface area (Å²) in [6, 6.07) is 8.12. The van der Waals surface area contributed by atoms with Crippen LogP contribution in [0.15, 0.2) is 41.4 Å². The summed E-state index contributed by atoms with van der Waals surface area (Å²) in [5, 5.41) is 9.23. The number of aliphatic hydroxyl groups is 1. The number of benzene rings is 1. The molecule has 0 saturated carbocycles. The normalized spacial score (nSPS) is 14.8. The molecule has 1 aromatic carbocycles. The van der Waals surface area contributed by atoms with E-state index in [-0.39, 0.29) is 12.0 Å². The van der Waals surface area contributed by atoms with Gasteiger partial charge in [0, 0.05) is 9.89 Å². The van der Waals surface area contributed by atoms with Crippen LogP contribution in [0.25, 0.3) is 0 Å². The van der Waals surface area contributed by atoms with Crippen molar-refractivity contribution >= 4 is 15.9 Å². The van der Waals surface area contributed by atoms with Crippen molar-refractivity contribution in [2.75, 3.05) is 6.61 Å². The molecule has 1 rings (SSSR count). The summed E-state index contributed by atoms with van der Waals surface area (Å²) in [7, 11) is 0. The van der Waals surface area contributed by atoms with Gasteiger partial charge in [-0.1, -0.05) is 41.1 Å². The molecule has 0 spiro atoms. The van der Waals surface area contributed by atoms with Crippen LogP contribution < -0.4 is 0 Å². The lowest BCUT2D eigenvalue weighted by atomic mass is 9.85. The van der Waals surface area contributed by atoms with Gasteiger partial charge in [0.25, 0.3) is 0 Å². The average molecular weight is 255 g/mol. The van der Waals surface area contributed by atoms with Gasteiger partial charge in [-0.3, -0.25) is 0 Å². The minimum Gasteiger partial charge on any atom is -0.395 e. The highest BCUT2D eigenvalue weighted by molar-refractivity contribution is 9.10. The third-order valence-corrected chi connectivity index (χ3v) is 2.84. The maximum absolute atomic E-state index is 9.23. The molecular formula is C12H15BrO. The Morgan fingerprint density at radius 1 is 1.57 bits per heavy atom. The number of halogens is 1. The predicted octanol–water partition coefficient (Wildman–Crippen LogP) is 3.18. The predicted molar refractivity (Wildman–Crippen MR) is 63.2 cm³/mol. The summed E-state index contributed by atoms with van der Waals surface area (Å²) in [5.41, 5.74) is 0.983. The highest BCUT2D eigenvalue weighted by atomic mass is 79.9. The smallest absolute Gasteiger partial charge is 0.0522 e. The molecule has 0 aromatic heterocycles. The molecular weight excluding hydrogens is 240 g/mol. The van der Waals surface area contributed by atoms with Crippen LogP contribution in [-0.4, -0.2) is 11.7 Å². The molecule has 1 unspecified atom stereocenters. The Morgan fingerprint density at radius 2 is 2.29 bits per heavy atom. The molecule has 0 bridgehead atoms. The zero-order valence-electron chi connectivity index (χ0n) is 8.33. The van der Waals surface area contributed by atoms with Crippen LogP contribution in [0.5, 0.6) is 0 Å². The zero-order chi connectivity index (χ0) is 10.6. The molecule has 1 nitrogen and oxygen atoms in total. The molecule has 0 heterocycles. The second-order valence-electron chi connectivity index (χ2n) is 3.82. The number of hydrogen-bond donors (Lipinski definition) is 1. The Morgan fingerprint density at radius 3 is 2.79 bits per heavy atom. The fraction of sp³-hybridized carbons (Fsp3) is 0.333. The Hall–Kier alpha value is -0.600. The largest absolute Gasteiger partial charge is 0.395 e. The second kappa shape index (κ2) is 4.76. The van der Waals surface area contributed by atoms with Crippen molar-refractivity contribution < 1.29 is 5.11 Å². The summed E-state index contributed by atoms with van der Waals surface area (Å²) in [4.78, 5) is 0. The third kappa shape index (κ3) is 2.96. The lowest BCUT2D eigenvalue weighted by Gasteiger charge is -2.22. The first-order chi connectivity index (χ1) is 6.59. The Balaban J connectivity index is 2.82. The summed E-state index contributed by atoms with van der Waals surface area (Å²) in [5.74, 6) is 0. The molecule has 14 heavy (non-hydrogen) atoms. The van der Waals surface area contributed by atoms with Crippen LogP contribution in [0, 0.1) is 5.41 Å². The highest BCUT2D eigenvalue weighted by Gasteiger charge is 2.19. The maximum atomic E-state index is 9.23. The first-order valence-corrected chi connectivity index (χ1v) is 5.38. The van der Waals surface area contributed by atoms with E-state index in [1.165, 1.54) is 5.56 Å². The van der Waals surface area contributed by atoms with Gasteiger partial charge in [-0.2, -0.15) is 0 Å². The van der Waals surface area contributed by atoms with Crippen molar-refractivity contribution in [1.82, 2.24) is 0 Å². The molecule has 0 saturated heterocycles. The van der Waals surface area contributed by atoms with Gasteiger partial charge < -0.3 is 5.11 Å². The number of aliphatic hydroxyl groups excluding tert-OH is 1. The standard InChI is InChI=1S/C12H15BrO/c1-3-12(2,9-14)8-10-5-4-6-11(13)7-10/h3-7,14H,1,8-9H2,2H3. The van der Waals surface area contributed by atoms with E-state index in [1.54, 1.807) is 0 Å². The minimum atomic E-state index is -0.221. The molecule has 0 radical (unpaired) electrons. The molecule has 0 aliphatic rings. The lowest BCUT2D eigenvalue weighted by Crippen LogP contribution is -2.21. The molecule has 76 valence electrons. The minimum absolute atomic E-state index is 0.128. The van der Waals surface area contributed by atoms with Crippen molar-refractivity contribution in [3.8, 4) is 0 Å².